The molecule has 0 saturated heterocycles. The van der Waals surface area contributed by atoms with Crippen molar-refractivity contribution in [1.82, 2.24) is 10.3 Å². The third-order valence-electron chi connectivity index (χ3n) is 4.07. The summed E-state index contributed by atoms with van der Waals surface area (Å²) in [6.07, 6.45) is 1.03. The highest BCUT2D eigenvalue weighted by atomic mass is 32.1. The van der Waals surface area contributed by atoms with E-state index in [1.54, 1.807) is 11.3 Å². The molecule has 1 atom stereocenters. The number of hydrogen-bond donors (Lipinski definition) is 2. The van der Waals surface area contributed by atoms with Crippen molar-refractivity contribution < 1.29 is 5.11 Å². The van der Waals surface area contributed by atoms with Gasteiger partial charge in [-0.25, -0.2) is 4.98 Å². The molecular weight excluding hydrogens is 316 g/mol. The number of aryl methyl sites for hydroxylation is 1. The molecule has 0 amide bonds. The van der Waals surface area contributed by atoms with Gasteiger partial charge < -0.3 is 10.4 Å². The van der Waals surface area contributed by atoms with Crippen LogP contribution in [0.2, 0.25) is 0 Å². The normalized spacial score (nSPS) is 12.2. The van der Waals surface area contributed by atoms with Crippen molar-refractivity contribution in [1.29, 1.82) is 0 Å². The fourth-order valence-electron chi connectivity index (χ4n) is 2.60. The van der Waals surface area contributed by atoms with Gasteiger partial charge in [-0.2, -0.15) is 0 Å². The Morgan fingerprint density at radius 1 is 1.08 bits per heavy atom. The first kappa shape index (κ1) is 16.8. The molecule has 0 aliphatic rings. The summed E-state index contributed by atoms with van der Waals surface area (Å²) in [6, 6.07) is 18.5. The number of aliphatic hydroxyl groups is 1. The summed E-state index contributed by atoms with van der Waals surface area (Å²) >= 11 is 1.65. The maximum atomic E-state index is 9.69. The van der Waals surface area contributed by atoms with Gasteiger partial charge in [0.2, 0.25) is 0 Å². The van der Waals surface area contributed by atoms with Crippen LogP contribution in [0.3, 0.4) is 0 Å². The molecule has 3 rings (SSSR count). The highest BCUT2D eigenvalue weighted by Gasteiger charge is 2.11. The Bertz CT molecular complexity index is 753. The van der Waals surface area contributed by atoms with E-state index in [0.29, 0.717) is 6.54 Å². The lowest BCUT2D eigenvalue weighted by Crippen LogP contribution is -2.24. The van der Waals surface area contributed by atoms with Gasteiger partial charge in [0.15, 0.2) is 0 Å². The summed E-state index contributed by atoms with van der Waals surface area (Å²) in [5, 5.41) is 16.2. The second kappa shape index (κ2) is 8.20. The van der Waals surface area contributed by atoms with E-state index < -0.39 is 0 Å². The van der Waals surface area contributed by atoms with Gasteiger partial charge in [0.25, 0.3) is 0 Å². The number of benzene rings is 2. The maximum Gasteiger partial charge on any atom is 0.123 e. The van der Waals surface area contributed by atoms with Crippen molar-refractivity contribution in [3.8, 4) is 10.6 Å². The molecule has 1 heterocycles. The summed E-state index contributed by atoms with van der Waals surface area (Å²) in [5.74, 6) is 0. The Hall–Kier alpha value is -2.01. The van der Waals surface area contributed by atoms with Gasteiger partial charge in [0.1, 0.15) is 5.01 Å². The first-order valence-electron chi connectivity index (χ1n) is 8.23. The average Bonchev–Trinajstić information content (AvgIpc) is 3.12. The molecule has 0 bridgehead atoms. The minimum Gasteiger partial charge on any atom is -0.394 e. The van der Waals surface area contributed by atoms with Crippen LogP contribution >= 0.6 is 11.3 Å². The van der Waals surface area contributed by atoms with E-state index in [1.807, 2.05) is 18.2 Å². The van der Waals surface area contributed by atoms with E-state index in [2.05, 4.69) is 59.0 Å². The van der Waals surface area contributed by atoms with Gasteiger partial charge >= 0.3 is 0 Å². The van der Waals surface area contributed by atoms with Crippen LogP contribution < -0.4 is 5.32 Å². The molecule has 0 aliphatic carbocycles. The molecule has 1 aromatic heterocycles. The van der Waals surface area contributed by atoms with E-state index >= 15 is 0 Å². The smallest absolute Gasteiger partial charge is 0.123 e. The van der Waals surface area contributed by atoms with Crippen LogP contribution in [0.25, 0.3) is 10.6 Å². The predicted octanol–water partition coefficient (Wildman–Crippen LogP) is 4.20. The average molecular weight is 338 g/mol. The first-order valence-corrected chi connectivity index (χ1v) is 9.11. The van der Waals surface area contributed by atoms with E-state index in [9.17, 15) is 5.11 Å². The molecule has 4 heteroatoms. The zero-order valence-corrected chi connectivity index (χ0v) is 14.6. The summed E-state index contributed by atoms with van der Waals surface area (Å²) in [6.45, 7) is 2.86. The summed E-state index contributed by atoms with van der Waals surface area (Å²) in [7, 11) is 0. The Balaban J connectivity index is 1.64. The standard InChI is InChI=1S/C20H22N2OS/c1-2-15-8-10-16(11-9-15)19(13-23)21-12-18-14-24-20(22-18)17-6-4-3-5-7-17/h3-11,14,19,21,23H,2,12-13H2,1H3. The number of thiazole rings is 1. The molecule has 0 saturated carbocycles. The van der Waals surface area contributed by atoms with Crippen LogP contribution in [-0.2, 0) is 13.0 Å². The molecule has 0 aliphatic heterocycles. The maximum absolute atomic E-state index is 9.69. The molecule has 0 spiro atoms. The molecule has 3 nitrogen and oxygen atoms in total. The van der Waals surface area contributed by atoms with Crippen LogP contribution in [0.4, 0.5) is 0 Å². The number of aliphatic hydroxyl groups excluding tert-OH is 1. The van der Waals surface area contributed by atoms with Crippen LogP contribution in [-0.4, -0.2) is 16.7 Å². The lowest BCUT2D eigenvalue weighted by molar-refractivity contribution is 0.243. The second-order valence-electron chi connectivity index (χ2n) is 5.72. The monoisotopic (exact) mass is 338 g/mol. The molecule has 24 heavy (non-hydrogen) atoms. The molecule has 124 valence electrons. The molecule has 2 N–H and O–H groups in total. The molecule has 3 aromatic rings. The Morgan fingerprint density at radius 3 is 2.50 bits per heavy atom. The quantitative estimate of drug-likeness (QED) is 0.679. The topological polar surface area (TPSA) is 45.1 Å². The Morgan fingerprint density at radius 2 is 1.83 bits per heavy atom. The first-order chi connectivity index (χ1) is 11.8. The van der Waals surface area contributed by atoms with Crippen LogP contribution in [0.15, 0.2) is 60.0 Å². The number of rotatable bonds is 7. The molecule has 0 radical (unpaired) electrons. The van der Waals surface area contributed by atoms with Crippen LogP contribution in [0, 0.1) is 0 Å². The zero-order valence-electron chi connectivity index (χ0n) is 13.8. The molecule has 2 aromatic carbocycles. The molecule has 0 fully saturated rings. The Labute approximate surface area is 147 Å². The SMILES string of the molecule is CCc1ccc(C(CO)NCc2csc(-c3ccccc3)n2)cc1. The van der Waals surface area contributed by atoms with Crippen molar-refractivity contribution in [3.63, 3.8) is 0 Å². The number of aromatic nitrogens is 1. The van der Waals surface area contributed by atoms with Crippen LogP contribution in [0.1, 0.15) is 29.8 Å². The number of nitrogens with zero attached hydrogens (tertiary/aromatic N) is 1. The summed E-state index contributed by atoms with van der Waals surface area (Å²) in [4.78, 5) is 4.68. The zero-order chi connectivity index (χ0) is 16.8. The van der Waals surface area contributed by atoms with E-state index in [4.69, 9.17) is 0 Å². The van der Waals surface area contributed by atoms with Gasteiger partial charge in [0, 0.05) is 17.5 Å². The number of nitrogens with one attached hydrogen (secondary N) is 1. The Kier molecular flexibility index (Phi) is 5.75. The van der Waals surface area contributed by atoms with Crippen LogP contribution in [0.5, 0.6) is 0 Å². The minimum atomic E-state index is -0.0715. The highest BCUT2D eigenvalue weighted by Crippen LogP contribution is 2.23. The number of hydrogen-bond acceptors (Lipinski definition) is 4. The van der Waals surface area contributed by atoms with Crippen molar-refractivity contribution in [2.45, 2.75) is 25.9 Å². The van der Waals surface area contributed by atoms with Crippen molar-refractivity contribution >= 4 is 11.3 Å². The molecule has 1 unspecified atom stereocenters. The van der Waals surface area contributed by atoms with Crippen molar-refractivity contribution in [2.24, 2.45) is 0 Å². The van der Waals surface area contributed by atoms with Crippen molar-refractivity contribution in [3.05, 3.63) is 76.8 Å². The van der Waals surface area contributed by atoms with E-state index in [1.165, 1.54) is 5.56 Å². The third-order valence-corrected chi connectivity index (χ3v) is 5.02. The van der Waals surface area contributed by atoms with Gasteiger partial charge in [-0.05, 0) is 17.5 Å². The van der Waals surface area contributed by atoms with E-state index in [0.717, 1.165) is 28.2 Å². The van der Waals surface area contributed by atoms with Gasteiger partial charge in [-0.15, -0.1) is 11.3 Å². The fraction of sp³-hybridized carbons (Fsp3) is 0.250. The highest BCUT2D eigenvalue weighted by molar-refractivity contribution is 7.13. The van der Waals surface area contributed by atoms with Crippen molar-refractivity contribution in [2.75, 3.05) is 6.61 Å². The molecular formula is C20H22N2OS. The third kappa shape index (κ3) is 4.09. The minimum absolute atomic E-state index is 0.0706. The van der Waals surface area contributed by atoms with Gasteiger partial charge in [-0.1, -0.05) is 61.5 Å². The summed E-state index contributed by atoms with van der Waals surface area (Å²) < 4.78 is 0. The lowest BCUT2D eigenvalue weighted by atomic mass is 10.0. The largest absolute Gasteiger partial charge is 0.394 e. The van der Waals surface area contributed by atoms with E-state index in [-0.39, 0.29) is 12.6 Å². The fourth-order valence-corrected chi connectivity index (χ4v) is 3.43. The summed E-state index contributed by atoms with van der Waals surface area (Å²) in [5.41, 5.74) is 4.56. The lowest BCUT2D eigenvalue weighted by Gasteiger charge is -2.16. The van der Waals surface area contributed by atoms with Gasteiger partial charge in [-0.3, -0.25) is 0 Å². The second-order valence-corrected chi connectivity index (χ2v) is 6.58. The van der Waals surface area contributed by atoms with Gasteiger partial charge in [0.05, 0.1) is 18.3 Å². The predicted molar refractivity (Wildman–Crippen MR) is 100 cm³/mol.